The van der Waals surface area contributed by atoms with Gasteiger partial charge >= 0.3 is 11.9 Å². The third-order valence-corrected chi connectivity index (χ3v) is 7.39. The molecule has 2 saturated carbocycles. The highest BCUT2D eigenvalue weighted by molar-refractivity contribution is 5.92. The molecular formula is C22H32O6. The zero-order valence-corrected chi connectivity index (χ0v) is 17.7. The third-order valence-electron chi connectivity index (χ3n) is 7.39. The third kappa shape index (κ3) is 3.20. The van der Waals surface area contributed by atoms with Crippen LogP contribution in [0, 0.1) is 17.3 Å². The molecule has 0 radical (unpaired) electrons. The van der Waals surface area contributed by atoms with Gasteiger partial charge in [0.1, 0.15) is 6.10 Å². The molecule has 0 aromatic rings. The van der Waals surface area contributed by atoms with Crippen LogP contribution < -0.4 is 0 Å². The van der Waals surface area contributed by atoms with Crippen molar-refractivity contribution in [2.24, 2.45) is 17.3 Å². The first-order chi connectivity index (χ1) is 13.1. The summed E-state index contributed by atoms with van der Waals surface area (Å²) in [5, 5.41) is 11.1. The van der Waals surface area contributed by atoms with Crippen molar-refractivity contribution < 1.29 is 28.9 Å². The lowest BCUT2D eigenvalue weighted by Gasteiger charge is -2.56. The van der Waals surface area contributed by atoms with Crippen LogP contribution in [0.25, 0.3) is 0 Å². The smallest absolute Gasteiger partial charge is 0.336 e. The number of methoxy groups -OCH3 is 1. The van der Waals surface area contributed by atoms with Crippen LogP contribution in [-0.2, 0) is 23.8 Å². The maximum Gasteiger partial charge on any atom is 0.336 e. The number of hydrogen-bond donors (Lipinski definition) is 1. The van der Waals surface area contributed by atoms with Crippen LogP contribution in [0.3, 0.4) is 0 Å². The van der Waals surface area contributed by atoms with E-state index in [0.717, 1.165) is 17.6 Å². The van der Waals surface area contributed by atoms with Crippen LogP contribution in [-0.4, -0.2) is 42.1 Å². The number of hydrogen-bond acceptors (Lipinski definition) is 6. The Morgan fingerprint density at radius 1 is 1.43 bits per heavy atom. The second-order valence-corrected chi connectivity index (χ2v) is 8.89. The van der Waals surface area contributed by atoms with E-state index in [1.807, 2.05) is 13.8 Å². The van der Waals surface area contributed by atoms with E-state index in [1.54, 1.807) is 6.92 Å². The Morgan fingerprint density at radius 3 is 2.71 bits per heavy atom. The summed E-state index contributed by atoms with van der Waals surface area (Å²) in [6, 6.07) is 0. The molecule has 0 bridgehead atoms. The van der Waals surface area contributed by atoms with E-state index in [2.05, 4.69) is 13.8 Å². The molecule has 0 aromatic heterocycles. The molecule has 6 atom stereocenters. The Hall–Kier alpha value is -1.66. The molecule has 0 spiro atoms. The highest BCUT2D eigenvalue weighted by atomic mass is 16.7. The van der Waals surface area contributed by atoms with Gasteiger partial charge in [-0.05, 0) is 44.4 Å². The number of fused-ring (bicyclic) bond motifs is 2. The average molecular weight is 392 g/mol. The summed E-state index contributed by atoms with van der Waals surface area (Å²) in [5.74, 6) is -1.91. The maximum atomic E-state index is 12.2. The van der Waals surface area contributed by atoms with Crippen LogP contribution in [0.2, 0.25) is 0 Å². The number of carbonyl (C=O) groups excluding carboxylic acids is 2. The summed E-state index contributed by atoms with van der Waals surface area (Å²) in [6.07, 6.45) is 2.41. The number of allylic oxidation sites excluding steroid dienone is 1. The molecular weight excluding hydrogens is 360 g/mol. The van der Waals surface area contributed by atoms with Crippen LogP contribution in [0.4, 0.5) is 0 Å². The quantitative estimate of drug-likeness (QED) is 0.584. The van der Waals surface area contributed by atoms with Gasteiger partial charge in [0.05, 0.1) is 6.10 Å². The van der Waals surface area contributed by atoms with E-state index in [-0.39, 0.29) is 23.2 Å². The fourth-order valence-corrected chi connectivity index (χ4v) is 5.08. The monoisotopic (exact) mass is 392 g/mol. The maximum absolute atomic E-state index is 12.2. The Labute approximate surface area is 166 Å². The molecule has 28 heavy (non-hydrogen) atoms. The Kier molecular flexibility index (Phi) is 5.49. The Bertz CT molecular complexity index is 737. The summed E-state index contributed by atoms with van der Waals surface area (Å²) in [5.41, 5.74) is 2.20. The second-order valence-electron chi connectivity index (χ2n) is 8.89. The molecule has 1 heterocycles. The van der Waals surface area contributed by atoms with Crippen molar-refractivity contribution in [2.75, 3.05) is 7.11 Å². The standard InChI is InChI=1S/C22H32O6/c1-7-12(2)8-18(23)27-17-9-13(3)21(5)10-15-14(4)20(25)28-22(15,26-6)11-16(21)19(17)24/h8,13,16-17,19,24H,7,9-11H2,1-6H3/b12-8+/t13-,16-,17+,19-,21+,22+/m0/s1. The molecule has 0 saturated heterocycles. The molecule has 0 unspecified atom stereocenters. The number of aliphatic hydroxyl groups is 1. The summed E-state index contributed by atoms with van der Waals surface area (Å²) >= 11 is 0. The van der Waals surface area contributed by atoms with E-state index < -0.39 is 24.0 Å². The number of aliphatic hydroxyl groups excluding tert-OH is 1. The molecule has 6 nitrogen and oxygen atoms in total. The summed E-state index contributed by atoms with van der Waals surface area (Å²) in [4.78, 5) is 24.5. The summed E-state index contributed by atoms with van der Waals surface area (Å²) in [6.45, 7) is 9.91. The van der Waals surface area contributed by atoms with Gasteiger partial charge in [-0.15, -0.1) is 0 Å². The molecule has 156 valence electrons. The van der Waals surface area contributed by atoms with Gasteiger partial charge in [0, 0.05) is 36.7 Å². The van der Waals surface area contributed by atoms with E-state index in [4.69, 9.17) is 14.2 Å². The lowest BCUT2D eigenvalue weighted by molar-refractivity contribution is -0.237. The van der Waals surface area contributed by atoms with E-state index in [9.17, 15) is 14.7 Å². The predicted octanol–water partition coefficient (Wildman–Crippen LogP) is 3.29. The van der Waals surface area contributed by atoms with Gasteiger partial charge in [-0.3, -0.25) is 0 Å². The highest BCUT2D eigenvalue weighted by Gasteiger charge is 2.62. The zero-order chi connectivity index (χ0) is 20.9. The van der Waals surface area contributed by atoms with Crippen molar-refractivity contribution in [1.82, 2.24) is 0 Å². The van der Waals surface area contributed by atoms with Crippen molar-refractivity contribution in [3.05, 3.63) is 22.8 Å². The average Bonchev–Trinajstić information content (AvgIpc) is 2.89. The first-order valence-corrected chi connectivity index (χ1v) is 10.1. The molecule has 1 N–H and O–H groups in total. The number of carbonyl (C=O) groups is 2. The highest BCUT2D eigenvalue weighted by Crippen LogP contribution is 2.60. The van der Waals surface area contributed by atoms with Gasteiger partial charge in [0.25, 0.3) is 0 Å². The van der Waals surface area contributed by atoms with Gasteiger partial charge in [0.2, 0.25) is 5.79 Å². The summed E-state index contributed by atoms with van der Waals surface area (Å²) in [7, 11) is 1.53. The first-order valence-electron chi connectivity index (χ1n) is 10.1. The van der Waals surface area contributed by atoms with Crippen molar-refractivity contribution >= 4 is 11.9 Å². The second kappa shape index (κ2) is 7.30. The molecule has 3 aliphatic rings. The molecule has 0 aromatic carbocycles. The zero-order valence-electron chi connectivity index (χ0n) is 17.7. The van der Waals surface area contributed by atoms with Gasteiger partial charge in [-0.1, -0.05) is 26.3 Å². The van der Waals surface area contributed by atoms with Crippen molar-refractivity contribution in [3.8, 4) is 0 Å². The minimum absolute atomic E-state index is 0.195. The van der Waals surface area contributed by atoms with Crippen LogP contribution in [0.5, 0.6) is 0 Å². The van der Waals surface area contributed by atoms with Crippen molar-refractivity contribution in [1.29, 1.82) is 0 Å². The fraction of sp³-hybridized carbons (Fsp3) is 0.727. The predicted molar refractivity (Wildman–Crippen MR) is 103 cm³/mol. The molecule has 2 fully saturated rings. The number of rotatable bonds is 4. The van der Waals surface area contributed by atoms with E-state index in [0.29, 0.717) is 24.8 Å². The minimum atomic E-state index is -1.11. The summed E-state index contributed by atoms with van der Waals surface area (Å²) < 4.78 is 16.9. The topological polar surface area (TPSA) is 82.1 Å². The fourth-order valence-electron chi connectivity index (χ4n) is 5.08. The SMILES string of the molecule is CC/C(C)=C/C(=O)O[C@@H]1C[C@H](C)[C@@]2(C)CC3=C(C)C(=O)O[C@]3(OC)C[C@H]2[C@@H]1O. The van der Waals surface area contributed by atoms with Crippen LogP contribution >= 0.6 is 0 Å². The van der Waals surface area contributed by atoms with Crippen LogP contribution in [0.15, 0.2) is 22.8 Å². The molecule has 6 heteroatoms. The Balaban J connectivity index is 1.88. The Morgan fingerprint density at radius 2 is 2.11 bits per heavy atom. The van der Waals surface area contributed by atoms with E-state index >= 15 is 0 Å². The van der Waals surface area contributed by atoms with Crippen molar-refractivity contribution in [2.45, 2.75) is 78.3 Å². The normalized spacial score (nSPS) is 40.7. The minimum Gasteiger partial charge on any atom is -0.456 e. The lowest BCUT2D eigenvalue weighted by Crippen LogP contribution is -2.59. The molecule has 0 amide bonds. The van der Waals surface area contributed by atoms with E-state index in [1.165, 1.54) is 13.2 Å². The molecule has 2 aliphatic carbocycles. The number of esters is 2. The number of ether oxygens (including phenoxy) is 3. The van der Waals surface area contributed by atoms with Gasteiger partial charge in [-0.25, -0.2) is 9.59 Å². The van der Waals surface area contributed by atoms with Gasteiger partial charge in [-0.2, -0.15) is 0 Å². The van der Waals surface area contributed by atoms with Gasteiger partial charge < -0.3 is 19.3 Å². The molecule has 1 aliphatic heterocycles. The molecule has 3 rings (SSSR count). The van der Waals surface area contributed by atoms with Gasteiger partial charge in [0.15, 0.2) is 0 Å². The largest absolute Gasteiger partial charge is 0.456 e. The first kappa shape index (κ1) is 21.1. The van der Waals surface area contributed by atoms with Crippen molar-refractivity contribution in [3.63, 3.8) is 0 Å². The lowest BCUT2D eigenvalue weighted by atomic mass is 9.52. The van der Waals surface area contributed by atoms with Crippen LogP contribution in [0.1, 0.15) is 60.3 Å².